The maximum atomic E-state index is 13.7. The van der Waals surface area contributed by atoms with Crippen molar-refractivity contribution in [2.24, 2.45) is 11.8 Å². The third-order valence-electron chi connectivity index (χ3n) is 7.51. The van der Waals surface area contributed by atoms with Crippen LogP contribution in [-0.2, 0) is 33.5 Å². The van der Waals surface area contributed by atoms with Gasteiger partial charge >= 0.3 is 12.5 Å². The number of carbonyl (C=O) groups excluding carboxylic acids is 5. The first-order valence-corrected chi connectivity index (χ1v) is 14.5. The van der Waals surface area contributed by atoms with Crippen LogP contribution >= 0.6 is 0 Å². The molecule has 0 saturated carbocycles. The fraction of sp³-hybridized carbons (Fsp3) is 0.469. The van der Waals surface area contributed by atoms with Gasteiger partial charge in [-0.1, -0.05) is 49.8 Å². The van der Waals surface area contributed by atoms with Gasteiger partial charge in [0.05, 0.1) is 35.7 Å². The summed E-state index contributed by atoms with van der Waals surface area (Å²) in [5.74, 6) is -2.67. The van der Waals surface area contributed by atoms with E-state index >= 15 is 0 Å². The molecule has 0 unspecified atom stereocenters. The van der Waals surface area contributed by atoms with Crippen LogP contribution in [0.4, 0.5) is 4.79 Å². The summed E-state index contributed by atoms with van der Waals surface area (Å²) in [4.78, 5) is 68.1. The summed E-state index contributed by atoms with van der Waals surface area (Å²) < 4.78 is 11.3. The van der Waals surface area contributed by atoms with Crippen LogP contribution in [0.15, 0.2) is 71.1 Å². The van der Waals surface area contributed by atoms with Crippen molar-refractivity contribution in [3.63, 3.8) is 0 Å². The van der Waals surface area contributed by atoms with E-state index in [1.165, 1.54) is 33.3 Å². The highest BCUT2D eigenvalue weighted by Gasteiger charge is 2.34. The van der Waals surface area contributed by atoms with E-state index < -0.39 is 53.8 Å². The number of hydroxylamine groups is 1. The van der Waals surface area contributed by atoms with E-state index in [-0.39, 0.29) is 54.3 Å². The molecule has 13 heteroatoms. The van der Waals surface area contributed by atoms with Crippen molar-refractivity contribution in [2.75, 3.05) is 20.8 Å². The molecule has 2 bridgehead atoms. The van der Waals surface area contributed by atoms with E-state index in [9.17, 15) is 29.1 Å². The van der Waals surface area contributed by atoms with Gasteiger partial charge in [-0.2, -0.15) is 0 Å². The monoisotopic (exact) mass is 628 g/mol. The number of ketones is 2. The van der Waals surface area contributed by atoms with Gasteiger partial charge in [0.1, 0.15) is 0 Å². The Morgan fingerprint density at radius 3 is 2.51 bits per heavy atom. The van der Waals surface area contributed by atoms with E-state index in [4.69, 9.17) is 14.3 Å². The van der Waals surface area contributed by atoms with Crippen molar-refractivity contribution in [3.8, 4) is 0 Å². The van der Waals surface area contributed by atoms with Gasteiger partial charge < -0.3 is 35.4 Å². The number of Topliss-reactive ketones (excluding diaryl/α,β-unsaturated/α-hetero) is 1. The molecule has 0 spiro atoms. The van der Waals surface area contributed by atoms with Crippen molar-refractivity contribution < 1.29 is 43.4 Å². The molecule has 0 saturated heterocycles. The molecule has 0 radical (unpaired) electrons. The lowest BCUT2D eigenvalue weighted by Gasteiger charge is -2.30. The van der Waals surface area contributed by atoms with E-state index in [1.54, 1.807) is 26.0 Å². The van der Waals surface area contributed by atoms with Gasteiger partial charge in [0.25, 0.3) is 5.91 Å². The van der Waals surface area contributed by atoms with Gasteiger partial charge in [-0.15, -0.1) is 12.1 Å². The number of hydrogen-bond acceptors (Lipinski definition) is 10. The fourth-order valence-electron chi connectivity index (χ4n) is 5.05. The Hall–Kier alpha value is -4.17. The maximum Gasteiger partial charge on any atom is 0.319 e. The SMILES string of the molecule is C=CCNC(=O)NC1=C2C[C@@H](C)C[C@H](OC)[C@H](O)[C@@H](C)/C=C(\C)[C@H](NOC=O)[C@@H](OC)/C=C\C=C(/C)C(=O)NC(=CC1=O)C2=O. The second-order valence-electron chi connectivity index (χ2n) is 11.0. The minimum absolute atomic E-state index is 0.0126. The number of allylic oxidation sites excluding steroid dienone is 4. The maximum absolute atomic E-state index is 13.7. The van der Waals surface area contributed by atoms with Crippen LogP contribution in [0.5, 0.6) is 0 Å². The summed E-state index contributed by atoms with van der Waals surface area (Å²) in [6, 6.07) is -1.35. The predicted octanol–water partition coefficient (Wildman–Crippen LogP) is 1.83. The summed E-state index contributed by atoms with van der Waals surface area (Å²) in [7, 11) is 2.93. The smallest absolute Gasteiger partial charge is 0.319 e. The van der Waals surface area contributed by atoms with Crippen molar-refractivity contribution >= 4 is 30.0 Å². The standard InChI is InChI=1S/C32H44N4O9/c1-8-12-33-32(42)35-28-22-13-18(2)14-26(44-7)29(39)21(5)15-20(4)27(36-45-17-37)25(43-6)11-9-10-19(3)31(41)34-23(30(22)40)16-24(28)38/h8-11,15-18,21,25-27,29,36,39H,1,12-14H2,2-7H3,(H,34,41)(H2,33,35,42)/b11-9-,19-10+,20-15+/t18-,21+,25+,26+,27+,29-/m1/s1. The molecule has 0 aromatic rings. The highest BCUT2D eigenvalue weighted by atomic mass is 16.7. The van der Waals surface area contributed by atoms with Crippen LogP contribution in [0.3, 0.4) is 0 Å². The quantitative estimate of drug-likeness (QED) is 0.115. The highest BCUT2D eigenvalue weighted by molar-refractivity contribution is 6.24. The number of aliphatic hydroxyl groups excluding tert-OH is 1. The second kappa shape index (κ2) is 18.0. The molecule has 3 amide bonds. The Kier molecular flexibility index (Phi) is 14.8. The molecular formula is C32H44N4O9. The number of methoxy groups -OCH3 is 2. The Morgan fingerprint density at radius 1 is 1.18 bits per heavy atom. The lowest BCUT2D eigenvalue weighted by molar-refractivity contribution is -0.138. The first-order valence-electron chi connectivity index (χ1n) is 14.5. The molecule has 246 valence electrons. The summed E-state index contributed by atoms with van der Waals surface area (Å²) in [5, 5.41) is 18.8. The Labute approximate surface area is 263 Å². The van der Waals surface area contributed by atoms with Crippen LogP contribution in [0.2, 0.25) is 0 Å². The molecular weight excluding hydrogens is 584 g/mol. The third-order valence-corrected chi connectivity index (χ3v) is 7.51. The van der Waals surface area contributed by atoms with Crippen molar-refractivity contribution in [2.45, 2.75) is 64.9 Å². The lowest BCUT2D eigenvalue weighted by atomic mass is 9.85. The van der Waals surface area contributed by atoms with E-state index in [0.29, 0.717) is 5.57 Å². The van der Waals surface area contributed by atoms with E-state index in [2.05, 4.69) is 28.0 Å². The zero-order valence-electron chi connectivity index (χ0n) is 26.5. The molecule has 6 atom stereocenters. The molecule has 0 aromatic heterocycles. The number of fused-ring (bicyclic) bond motifs is 2. The van der Waals surface area contributed by atoms with Gasteiger partial charge in [-0.25, -0.2) is 4.79 Å². The first kappa shape index (κ1) is 37.0. The van der Waals surface area contributed by atoms with Crippen molar-refractivity contribution in [1.82, 2.24) is 21.4 Å². The normalized spacial score (nSPS) is 30.1. The minimum atomic E-state index is -0.987. The lowest BCUT2D eigenvalue weighted by Crippen LogP contribution is -2.42. The molecule has 5 N–H and O–H groups in total. The van der Waals surface area contributed by atoms with Gasteiger partial charge in [-0.3, -0.25) is 19.2 Å². The zero-order chi connectivity index (χ0) is 33.7. The number of rotatable bonds is 8. The minimum Gasteiger partial charge on any atom is -0.390 e. The highest BCUT2D eigenvalue weighted by Crippen LogP contribution is 2.28. The molecule has 2 rings (SSSR count). The Morgan fingerprint density at radius 2 is 1.89 bits per heavy atom. The summed E-state index contributed by atoms with van der Waals surface area (Å²) in [5.41, 5.74) is 3.14. The first-order chi connectivity index (χ1) is 21.4. The third kappa shape index (κ3) is 10.5. The van der Waals surface area contributed by atoms with Crippen molar-refractivity contribution in [3.05, 3.63) is 71.1 Å². The average Bonchev–Trinajstić information content (AvgIpc) is 3.00. The molecule has 13 nitrogen and oxygen atoms in total. The summed E-state index contributed by atoms with van der Waals surface area (Å²) in [6.45, 7) is 10.9. The number of hydrogen-bond donors (Lipinski definition) is 5. The van der Waals surface area contributed by atoms with Crippen molar-refractivity contribution in [1.29, 1.82) is 0 Å². The molecule has 45 heavy (non-hydrogen) atoms. The van der Waals surface area contributed by atoms with Crippen LogP contribution in [0.25, 0.3) is 0 Å². The van der Waals surface area contributed by atoms with Crippen LogP contribution in [-0.4, -0.2) is 80.2 Å². The fourth-order valence-corrected chi connectivity index (χ4v) is 5.05. The largest absolute Gasteiger partial charge is 0.390 e. The molecule has 0 fully saturated rings. The average molecular weight is 629 g/mol. The number of aliphatic hydroxyl groups is 1. The number of carbonyl (C=O) groups is 5. The predicted molar refractivity (Wildman–Crippen MR) is 166 cm³/mol. The van der Waals surface area contributed by atoms with Gasteiger partial charge in [0.2, 0.25) is 11.6 Å². The molecule has 1 heterocycles. The van der Waals surface area contributed by atoms with Gasteiger partial charge in [0.15, 0.2) is 0 Å². The number of ether oxygens (including phenoxy) is 2. The number of amides is 3. The second-order valence-corrected chi connectivity index (χ2v) is 11.0. The number of urea groups is 1. The molecule has 1 aliphatic carbocycles. The topological polar surface area (TPSA) is 181 Å². The Balaban J connectivity index is 2.62. The van der Waals surface area contributed by atoms with E-state index in [1.807, 2.05) is 13.0 Å². The zero-order valence-corrected chi connectivity index (χ0v) is 26.5. The van der Waals surface area contributed by atoms with E-state index in [0.717, 1.165) is 6.08 Å². The van der Waals surface area contributed by atoms with Crippen LogP contribution in [0, 0.1) is 11.8 Å². The Bertz CT molecular complexity index is 1300. The molecule has 0 aromatic carbocycles. The molecule has 2 aliphatic rings. The summed E-state index contributed by atoms with van der Waals surface area (Å²) >= 11 is 0. The van der Waals surface area contributed by atoms with Crippen LogP contribution in [0.1, 0.15) is 40.5 Å². The van der Waals surface area contributed by atoms with Gasteiger partial charge in [-0.05, 0) is 32.6 Å². The van der Waals surface area contributed by atoms with Gasteiger partial charge in [0, 0.05) is 43.9 Å². The molecule has 1 aliphatic heterocycles. The van der Waals surface area contributed by atoms with Crippen LogP contribution < -0.4 is 21.4 Å². The number of nitrogens with one attached hydrogen (secondary N) is 4. The summed E-state index contributed by atoms with van der Waals surface area (Å²) in [6.07, 6.45) is 6.93.